The third-order valence-electron chi connectivity index (χ3n) is 3.22. The Kier molecular flexibility index (Phi) is 2.63. The molecular weight excluding hydrogens is 242 g/mol. The number of nitrogens with zero attached hydrogens (tertiary/aromatic N) is 3. The van der Waals surface area contributed by atoms with Crippen LogP contribution in [0.4, 0.5) is 5.95 Å². The Labute approximate surface area is 110 Å². The van der Waals surface area contributed by atoms with Gasteiger partial charge in [0.05, 0.1) is 0 Å². The number of aromatic nitrogens is 4. The Morgan fingerprint density at radius 2 is 2.37 bits per heavy atom. The van der Waals surface area contributed by atoms with Crippen molar-refractivity contribution in [2.24, 2.45) is 0 Å². The van der Waals surface area contributed by atoms with E-state index in [0.717, 1.165) is 11.3 Å². The van der Waals surface area contributed by atoms with Crippen LogP contribution in [-0.2, 0) is 4.79 Å². The first-order chi connectivity index (χ1) is 9.18. The number of allylic oxidation sites excluding steroid dienone is 2. The summed E-state index contributed by atoms with van der Waals surface area (Å²) in [7, 11) is 0. The fourth-order valence-corrected chi connectivity index (χ4v) is 2.43. The second-order valence-corrected chi connectivity index (χ2v) is 4.49. The Hall–Kier alpha value is -2.50. The maximum atomic E-state index is 12.0. The molecule has 1 unspecified atom stereocenters. The summed E-state index contributed by atoms with van der Waals surface area (Å²) in [5, 5.41) is 7.33. The summed E-state index contributed by atoms with van der Waals surface area (Å²) in [6.45, 7) is 3.46. The topological polar surface area (TPSA) is 74.0 Å². The van der Waals surface area contributed by atoms with Crippen molar-refractivity contribution < 1.29 is 9.78 Å². The smallest absolute Gasteiger partial charge is 0.226 e. The highest BCUT2D eigenvalue weighted by Gasteiger charge is 2.32. The molecule has 1 aliphatic heterocycles. The van der Waals surface area contributed by atoms with Gasteiger partial charge in [-0.25, -0.2) is 9.67 Å². The largest absolute Gasteiger partial charge is 0.328 e. The lowest BCUT2D eigenvalue weighted by atomic mass is 9.94. The summed E-state index contributed by atoms with van der Waals surface area (Å²) in [6, 6.07) is 3.63. The number of H-pyrrole nitrogens is 1. The summed E-state index contributed by atoms with van der Waals surface area (Å²) in [5.41, 5.74) is 2.50. The van der Waals surface area contributed by atoms with E-state index in [-0.39, 0.29) is 11.8 Å². The zero-order valence-electron chi connectivity index (χ0n) is 10.7. The molecule has 6 heteroatoms. The second-order valence-electron chi connectivity index (χ2n) is 4.49. The molecule has 2 aromatic rings. The van der Waals surface area contributed by atoms with E-state index in [1.807, 2.05) is 31.5 Å². The van der Waals surface area contributed by atoms with Crippen LogP contribution in [0.1, 0.15) is 25.5 Å². The van der Waals surface area contributed by atoms with Gasteiger partial charge < -0.3 is 5.32 Å². The predicted molar refractivity (Wildman–Crippen MR) is 68.2 cm³/mol. The first kappa shape index (κ1) is 11.6. The van der Waals surface area contributed by atoms with Crippen molar-refractivity contribution >= 4 is 11.7 Å². The third kappa shape index (κ3) is 1.81. The van der Waals surface area contributed by atoms with Crippen molar-refractivity contribution in [1.29, 1.82) is 0 Å². The van der Waals surface area contributed by atoms with E-state index >= 15 is 0 Å². The molecule has 6 nitrogen and oxygen atoms in total. The Bertz CT molecular complexity index is 659. The van der Waals surface area contributed by atoms with Crippen molar-refractivity contribution in [3.05, 3.63) is 47.7 Å². The Morgan fingerprint density at radius 1 is 1.53 bits per heavy atom. The molecule has 3 rings (SSSR count). The van der Waals surface area contributed by atoms with Crippen molar-refractivity contribution in [2.45, 2.75) is 19.9 Å². The number of carbonyl (C=O) groups excluding carboxylic acids is 1. The van der Waals surface area contributed by atoms with E-state index in [0.29, 0.717) is 11.5 Å². The zero-order chi connectivity index (χ0) is 13.4. The van der Waals surface area contributed by atoms with E-state index in [2.05, 4.69) is 20.4 Å². The molecule has 0 amide bonds. The van der Waals surface area contributed by atoms with Crippen molar-refractivity contribution in [3.8, 4) is 0 Å². The van der Waals surface area contributed by atoms with E-state index in [4.69, 9.17) is 0 Å². The monoisotopic (exact) mass is 256 g/mol. The number of aromatic amines is 1. The highest BCUT2D eigenvalue weighted by molar-refractivity contribution is 5.96. The summed E-state index contributed by atoms with van der Waals surface area (Å²) < 4.78 is 1.73. The summed E-state index contributed by atoms with van der Waals surface area (Å²) in [4.78, 5) is 19.2. The van der Waals surface area contributed by atoms with Gasteiger partial charge in [0.2, 0.25) is 5.95 Å². The maximum Gasteiger partial charge on any atom is 0.226 e. The molecule has 1 atom stereocenters. The number of hydrogen-bond acceptors (Lipinski definition) is 4. The molecule has 2 N–H and O–H groups in total. The number of carbonyl (C=O) groups is 1. The minimum atomic E-state index is -0.242. The number of Topliss-reactive ketones (excluding diaryl/α,β-unsaturated/α-hetero) is 1. The number of rotatable bonds is 2. The standard InChI is InChI=1S/C13H13N5O/c1-8-11(9(2)19)12(10-4-3-5-14-6-10)18-13(17-8)15-7-16-18/h3-7,12H,1-2H3,(H,15,16,17)/p+1. The Morgan fingerprint density at radius 3 is 3.05 bits per heavy atom. The number of hydrogen-bond donors (Lipinski definition) is 1. The molecule has 19 heavy (non-hydrogen) atoms. The van der Waals surface area contributed by atoms with Gasteiger partial charge in [0.1, 0.15) is 12.4 Å². The van der Waals surface area contributed by atoms with Crippen molar-refractivity contribution in [1.82, 2.24) is 14.8 Å². The van der Waals surface area contributed by atoms with Crippen LogP contribution in [0.3, 0.4) is 0 Å². The lowest BCUT2D eigenvalue weighted by molar-refractivity contribution is -0.378. The van der Waals surface area contributed by atoms with Gasteiger partial charge >= 0.3 is 0 Å². The van der Waals surface area contributed by atoms with Gasteiger partial charge in [0.25, 0.3) is 0 Å². The fraction of sp³-hybridized carbons (Fsp3) is 0.231. The first-order valence-corrected chi connectivity index (χ1v) is 6.02. The van der Waals surface area contributed by atoms with E-state index < -0.39 is 0 Å². The number of anilines is 1. The van der Waals surface area contributed by atoms with Gasteiger partial charge in [-0.2, -0.15) is 10.1 Å². The van der Waals surface area contributed by atoms with Crippen LogP contribution in [0.25, 0.3) is 0 Å². The Balaban J connectivity index is 2.21. The number of fused-ring (bicyclic) bond motifs is 1. The molecular formula is C13H14N5O+. The molecule has 96 valence electrons. The molecule has 2 aromatic heterocycles. The van der Waals surface area contributed by atoms with Crippen LogP contribution < -0.4 is 10.3 Å². The number of nitrogens with one attached hydrogen (secondary N) is 2. The summed E-state index contributed by atoms with van der Waals surface area (Å²) >= 11 is 0. The van der Waals surface area contributed by atoms with E-state index in [9.17, 15) is 4.79 Å². The van der Waals surface area contributed by atoms with Gasteiger partial charge in [-0.05, 0) is 19.9 Å². The van der Waals surface area contributed by atoms with Gasteiger partial charge in [-0.15, -0.1) is 0 Å². The minimum Gasteiger partial charge on any atom is -0.328 e. The quantitative estimate of drug-likeness (QED) is 0.868. The number of pyridine rings is 1. The van der Waals surface area contributed by atoms with Gasteiger partial charge in [0.15, 0.2) is 18.2 Å². The maximum absolute atomic E-state index is 12.0. The van der Waals surface area contributed by atoms with Gasteiger partial charge in [-0.1, -0.05) is 0 Å². The first-order valence-electron chi connectivity index (χ1n) is 6.02. The molecule has 0 spiro atoms. The molecule has 0 fully saturated rings. The number of ketones is 1. The minimum absolute atomic E-state index is 0.0278. The van der Waals surface area contributed by atoms with Crippen LogP contribution in [0.15, 0.2) is 42.1 Å². The molecule has 0 aliphatic carbocycles. The van der Waals surface area contributed by atoms with Crippen LogP contribution in [0, 0.1) is 0 Å². The second kappa shape index (κ2) is 4.31. The average Bonchev–Trinajstić information content (AvgIpc) is 2.85. The van der Waals surface area contributed by atoms with Gasteiger partial charge in [-0.3, -0.25) is 4.79 Å². The SMILES string of the molecule is CC(=O)C1=C(C)Nc2ncnn2C1c1ccc[nH+]c1. The summed E-state index contributed by atoms with van der Waals surface area (Å²) in [6.07, 6.45) is 5.19. The van der Waals surface area contributed by atoms with Crippen molar-refractivity contribution in [3.63, 3.8) is 0 Å². The van der Waals surface area contributed by atoms with Gasteiger partial charge in [0, 0.05) is 22.9 Å². The molecule has 0 aromatic carbocycles. The molecule has 0 saturated carbocycles. The summed E-state index contributed by atoms with van der Waals surface area (Å²) in [5.74, 6) is 0.677. The van der Waals surface area contributed by atoms with Crippen molar-refractivity contribution in [2.75, 3.05) is 5.32 Å². The zero-order valence-corrected chi connectivity index (χ0v) is 10.7. The lowest BCUT2D eigenvalue weighted by Gasteiger charge is -2.27. The third-order valence-corrected chi connectivity index (χ3v) is 3.22. The predicted octanol–water partition coefficient (Wildman–Crippen LogP) is 0.970. The van der Waals surface area contributed by atoms with Crippen LogP contribution in [0.2, 0.25) is 0 Å². The van der Waals surface area contributed by atoms with Crippen LogP contribution >= 0.6 is 0 Å². The molecule has 0 bridgehead atoms. The highest BCUT2D eigenvalue weighted by atomic mass is 16.1. The fourth-order valence-electron chi connectivity index (χ4n) is 2.43. The lowest BCUT2D eigenvalue weighted by Crippen LogP contribution is -2.28. The van der Waals surface area contributed by atoms with E-state index in [1.54, 1.807) is 11.6 Å². The normalized spacial score (nSPS) is 17.9. The van der Waals surface area contributed by atoms with E-state index in [1.165, 1.54) is 6.33 Å². The van der Waals surface area contributed by atoms with Crippen LogP contribution in [-0.4, -0.2) is 20.5 Å². The molecule has 1 aliphatic rings. The molecule has 0 radical (unpaired) electrons. The van der Waals surface area contributed by atoms with Crippen LogP contribution in [0.5, 0.6) is 0 Å². The molecule has 3 heterocycles. The highest BCUT2D eigenvalue weighted by Crippen LogP contribution is 2.33. The molecule has 0 saturated heterocycles. The average molecular weight is 256 g/mol.